The summed E-state index contributed by atoms with van der Waals surface area (Å²) in [7, 11) is 0. The first-order valence-corrected chi connectivity index (χ1v) is 5.93. The molecule has 0 aliphatic heterocycles. The first-order chi connectivity index (χ1) is 8.29. The van der Waals surface area contributed by atoms with Gasteiger partial charge in [0.2, 0.25) is 0 Å². The Hall–Kier alpha value is -1.62. The number of aryl methyl sites for hydroxylation is 3. The van der Waals surface area contributed by atoms with Gasteiger partial charge in [-0.2, -0.15) is 0 Å². The minimum Gasteiger partial charge on any atom is -0.314 e. The highest BCUT2D eigenvalue weighted by molar-refractivity contribution is 6.17. The number of pyridine rings is 1. The molecule has 0 unspecified atom stereocenters. The van der Waals surface area contributed by atoms with Gasteiger partial charge in [0, 0.05) is 37.3 Å². The lowest BCUT2D eigenvalue weighted by molar-refractivity contribution is 0.511. The van der Waals surface area contributed by atoms with Gasteiger partial charge in [-0.15, -0.1) is 16.7 Å². The van der Waals surface area contributed by atoms with Gasteiger partial charge >= 0.3 is 0 Å². The van der Waals surface area contributed by atoms with E-state index < -0.39 is 0 Å². The predicted molar refractivity (Wildman–Crippen MR) is 65.1 cm³/mol. The van der Waals surface area contributed by atoms with Crippen LogP contribution < -0.4 is 5.56 Å². The maximum Gasteiger partial charge on any atom is 0.250 e. The summed E-state index contributed by atoms with van der Waals surface area (Å²) < 4.78 is 3.37. The summed E-state index contributed by atoms with van der Waals surface area (Å²) in [6.07, 6.45) is 4.34. The molecule has 0 radical (unpaired) electrons. The van der Waals surface area contributed by atoms with Crippen LogP contribution in [0.1, 0.15) is 5.69 Å². The minimum atomic E-state index is -0.00593. The molecule has 5 nitrogen and oxygen atoms in total. The molecule has 0 saturated heterocycles. The van der Waals surface area contributed by atoms with Crippen molar-refractivity contribution in [2.45, 2.75) is 19.5 Å². The average Bonchev–Trinajstić information content (AvgIpc) is 2.76. The van der Waals surface area contributed by atoms with Crippen molar-refractivity contribution < 1.29 is 0 Å². The zero-order valence-electron chi connectivity index (χ0n) is 9.29. The lowest BCUT2D eigenvalue weighted by Crippen LogP contribution is -2.20. The van der Waals surface area contributed by atoms with E-state index >= 15 is 0 Å². The summed E-state index contributed by atoms with van der Waals surface area (Å²) in [6, 6.07) is 5.11. The average molecular weight is 253 g/mol. The van der Waals surface area contributed by atoms with E-state index in [4.69, 9.17) is 11.6 Å². The van der Waals surface area contributed by atoms with Gasteiger partial charge in [-0.05, 0) is 6.07 Å². The molecule has 2 heterocycles. The molecule has 0 spiro atoms. The summed E-state index contributed by atoms with van der Waals surface area (Å²) in [5, 5.41) is 7.95. The Labute approximate surface area is 104 Å². The third kappa shape index (κ3) is 3.17. The van der Waals surface area contributed by atoms with Gasteiger partial charge in [0.15, 0.2) is 0 Å². The van der Waals surface area contributed by atoms with Gasteiger partial charge in [0.25, 0.3) is 5.56 Å². The summed E-state index contributed by atoms with van der Waals surface area (Å²) in [4.78, 5) is 11.4. The van der Waals surface area contributed by atoms with Crippen LogP contribution >= 0.6 is 11.6 Å². The Morgan fingerprint density at radius 2 is 2.18 bits per heavy atom. The van der Waals surface area contributed by atoms with E-state index in [0.717, 1.165) is 5.69 Å². The molecule has 0 bridgehead atoms. The molecule has 0 fully saturated rings. The maximum absolute atomic E-state index is 11.4. The fourth-order valence-corrected chi connectivity index (χ4v) is 1.71. The van der Waals surface area contributed by atoms with Crippen LogP contribution in [0.5, 0.6) is 0 Å². The molecule has 0 atom stereocenters. The first kappa shape index (κ1) is 11.9. The van der Waals surface area contributed by atoms with E-state index in [1.165, 1.54) is 0 Å². The molecule has 2 aromatic heterocycles. The molecule has 0 N–H and O–H groups in total. The number of alkyl halides is 1. The standard InChI is InChI=1S/C11H13ClN4O/c12-5-4-10-9-16(14-13-10)8-7-15-6-2-1-3-11(15)17/h1-3,6,9H,4-5,7-8H2. The van der Waals surface area contributed by atoms with Crippen molar-refractivity contribution in [1.29, 1.82) is 0 Å². The monoisotopic (exact) mass is 252 g/mol. The van der Waals surface area contributed by atoms with Crippen LogP contribution in [0.15, 0.2) is 35.4 Å². The third-order valence-corrected chi connectivity index (χ3v) is 2.59. The van der Waals surface area contributed by atoms with E-state index in [0.29, 0.717) is 25.4 Å². The molecule has 6 heteroatoms. The van der Waals surface area contributed by atoms with Crippen LogP contribution in [0.3, 0.4) is 0 Å². The van der Waals surface area contributed by atoms with Crippen molar-refractivity contribution >= 4 is 11.6 Å². The number of halogens is 1. The van der Waals surface area contributed by atoms with Crippen LogP contribution in [0.2, 0.25) is 0 Å². The van der Waals surface area contributed by atoms with Crippen LogP contribution in [-0.2, 0) is 19.5 Å². The Morgan fingerprint density at radius 1 is 1.29 bits per heavy atom. The fraction of sp³-hybridized carbons (Fsp3) is 0.364. The number of hydrogen-bond acceptors (Lipinski definition) is 3. The second-order valence-corrected chi connectivity index (χ2v) is 4.02. The highest BCUT2D eigenvalue weighted by Crippen LogP contribution is 1.96. The normalized spacial score (nSPS) is 10.6. The highest BCUT2D eigenvalue weighted by atomic mass is 35.5. The predicted octanol–water partition coefficient (Wildman–Crippen LogP) is 0.921. The van der Waals surface area contributed by atoms with Crippen molar-refractivity contribution in [2.75, 3.05) is 5.88 Å². The largest absolute Gasteiger partial charge is 0.314 e. The molecule has 17 heavy (non-hydrogen) atoms. The van der Waals surface area contributed by atoms with Crippen molar-refractivity contribution in [1.82, 2.24) is 19.6 Å². The summed E-state index contributed by atoms with van der Waals surface area (Å²) in [5.74, 6) is 0.539. The smallest absolute Gasteiger partial charge is 0.250 e. The van der Waals surface area contributed by atoms with E-state index in [1.807, 2.05) is 12.3 Å². The van der Waals surface area contributed by atoms with Gasteiger partial charge in [-0.3, -0.25) is 9.48 Å². The SMILES string of the molecule is O=c1ccccn1CCn1cc(CCCl)nn1. The number of aromatic nitrogens is 4. The molecule has 2 aromatic rings. The maximum atomic E-state index is 11.4. The molecule has 0 aliphatic carbocycles. The van der Waals surface area contributed by atoms with Gasteiger partial charge in [0.1, 0.15) is 0 Å². The van der Waals surface area contributed by atoms with Crippen LogP contribution in [-0.4, -0.2) is 25.4 Å². The fourth-order valence-electron chi connectivity index (χ4n) is 1.51. The van der Waals surface area contributed by atoms with Gasteiger partial charge in [-0.25, -0.2) is 0 Å². The Balaban J connectivity index is 1.98. The number of rotatable bonds is 5. The molecule has 0 aromatic carbocycles. The first-order valence-electron chi connectivity index (χ1n) is 5.40. The van der Waals surface area contributed by atoms with E-state index in [9.17, 15) is 4.79 Å². The van der Waals surface area contributed by atoms with E-state index in [1.54, 1.807) is 27.6 Å². The van der Waals surface area contributed by atoms with E-state index in [2.05, 4.69) is 10.3 Å². The van der Waals surface area contributed by atoms with Crippen LogP contribution in [0.25, 0.3) is 0 Å². The Bertz CT molecular complexity index is 534. The van der Waals surface area contributed by atoms with E-state index in [-0.39, 0.29) is 5.56 Å². The molecule has 0 aliphatic rings. The van der Waals surface area contributed by atoms with Gasteiger partial charge in [0.05, 0.1) is 12.2 Å². The molecule has 0 saturated carbocycles. The highest BCUT2D eigenvalue weighted by Gasteiger charge is 2.00. The summed E-state index contributed by atoms with van der Waals surface area (Å²) in [6.45, 7) is 1.21. The van der Waals surface area contributed by atoms with Crippen LogP contribution in [0.4, 0.5) is 0 Å². The molecule has 0 amide bonds. The second-order valence-electron chi connectivity index (χ2n) is 3.64. The van der Waals surface area contributed by atoms with Crippen molar-refractivity contribution in [3.05, 3.63) is 46.6 Å². The summed E-state index contributed by atoms with van der Waals surface area (Å²) >= 11 is 5.62. The zero-order valence-corrected chi connectivity index (χ0v) is 10.0. The Kier molecular flexibility index (Phi) is 3.93. The van der Waals surface area contributed by atoms with Crippen molar-refractivity contribution in [3.63, 3.8) is 0 Å². The van der Waals surface area contributed by atoms with Gasteiger partial charge in [-0.1, -0.05) is 11.3 Å². The number of hydrogen-bond donors (Lipinski definition) is 0. The lowest BCUT2D eigenvalue weighted by Gasteiger charge is -2.03. The van der Waals surface area contributed by atoms with Gasteiger partial charge < -0.3 is 4.57 Å². The zero-order chi connectivity index (χ0) is 12.1. The molecule has 2 rings (SSSR count). The molecule has 90 valence electrons. The second kappa shape index (κ2) is 5.63. The molecular weight excluding hydrogens is 240 g/mol. The number of nitrogens with zero attached hydrogens (tertiary/aromatic N) is 4. The van der Waals surface area contributed by atoms with Crippen LogP contribution in [0, 0.1) is 0 Å². The quantitative estimate of drug-likeness (QED) is 0.744. The topological polar surface area (TPSA) is 52.7 Å². The third-order valence-electron chi connectivity index (χ3n) is 2.41. The molecular formula is C11H13ClN4O. The summed E-state index contributed by atoms with van der Waals surface area (Å²) in [5.41, 5.74) is 0.869. The van der Waals surface area contributed by atoms with Crippen molar-refractivity contribution in [3.8, 4) is 0 Å². The van der Waals surface area contributed by atoms with Crippen molar-refractivity contribution in [2.24, 2.45) is 0 Å². The minimum absolute atomic E-state index is 0.00593. The lowest BCUT2D eigenvalue weighted by atomic mass is 10.4. The Morgan fingerprint density at radius 3 is 2.94 bits per heavy atom.